The Balaban J connectivity index is 4.52. The van der Waals surface area contributed by atoms with Crippen molar-refractivity contribution in [1.29, 1.82) is 0 Å². The van der Waals surface area contributed by atoms with Gasteiger partial charge in [0.15, 0.2) is 5.78 Å². The molecule has 18 heavy (non-hydrogen) atoms. The largest absolute Gasteiger partial charge is 0.344 e. The van der Waals surface area contributed by atoms with Gasteiger partial charge in [-0.2, -0.15) is 25.3 Å². The zero-order valence-electron chi connectivity index (χ0n) is 10.8. The predicted molar refractivity (Wildman–Crippen MR) is 77.1 cm³/mol. The van der Waals surface area contributed by atoms with Gasteiger partial charge in [-0.3, -0.25) is 14.4 Å². The first kappa shape index (κ1) is 17.3. The first-order chi connectivity index (χ1) is 8.33. The number of Topliss-reactive ketones (excluding diaryl/α,β-unsaturated/α-hetero) is 1. The molecule has 0 bridgehead atoms. The van der Waals surface area contributed by atoms with Gasteiger partial charge in [0.2, 0.25) is 11.8 Å². The lowest BCUT2D eigenvalue weighted by molar-refractivity contribution is -0.131. The molecule has 0 fully saturated rings. The molecule has 0 aromatic carbocycles. The fourth-order valence-electron chi connectivity index (χ4n) is 1.08. The summed E-state index contributed by atoms with van der Waals surface area (Å²) in [5.41, 5.74) is 0. The maximum Gasteiger partial charge on any atom is 0.244 e. The number of carbonyl (C=O) groups excluding carboxylic acids is 3. The van der Waals surface area contributed by atoms with E-state index in [0.29, 0.717) is 0 Å². The van der Waals surface area contributed by atoms with E-state index >= 15 is 0 Å². The maximum atomic E-state index is 11.8. The average molecular weight is 292 g/mol. The molecule has 0 aliphatic carbocycles. The summed E-state index contributed by atoms with van der Waals surface area (Å²) < 4.78 is 0. The van der Waals surface area contributed by atoms with Crippen LogP contribution in [0.15, 0.2) is 0 Å². The number of amides is 2. The van der Waals surface area contributed by atoms with Crippen LogP contribution >= 0.6 is 25.3 Å². The summed E-state index contributed by atoms with van der Waals surface area (Å²) in [7, 11) is 0. The van der Waals surface area contributed by atoms with Gasteiger partial charge < -0.3 is 10.6 Å². The van der Waals surface area contributed by atoms with Crippen LogP contribution in [0.25, 0.3) is 0 Å². The molecule has 0 aliphatic heterocycles. The quantitative estimate of drug-likeness (QED) is 0.501. The van der Waals surface area contributed by atoms with E-state index in [9.17, 15) is 14.4 Å². The van der Waals surface area contributed by atoms with Crippen LogP contribution in [0, 0.1) is 5.92 Å². The van der Waals surface area contributed by atoms with Crippen LogP contribution in [0.1, 0.15) is 20.8 Å². The van der Waals surface area contributed by atoms with Crippen molar-refractivity contribution in [3.05, 3.63) is 0 Å². The summed E-state index contributed by atoms with van der Waals surface area (Å²) in [4.78, 5) is 34.5. The fourth-order valence-corrected chi connectivity index (χ4v) is 1.69. The Hall–Kier alpha value is -0.690. The van der Waals surface area contributed by atoms with E-state index < -0.39 is 18.0 Å². The summed E-state index contributed by atoms with van der Waals surface area (Å²) in [6.07, 6.45) is 0. The summed E-state index contributed by atoms with van der Waals surface area (Å²) in [6.45, 7) is 4.84. The summed E-state index contributed by atoms with van der Waals surface area (Å²) in [6, 6.07) is -1.39. The number of nitrogens with one attached hydrogen (secondary N) is 2. The highest BCUT2D eigenvalue weighted by molar-refractivity contribution is 7.80. The molecule has 5 nitrogen and oxygen atoms in total. The molecular formula is C11H20N2O3S2. The second-order valence-corrected chi connectivity index (χ2v) is 4.98. The summed E-state index contributed by atoms with van der Waals surface area (Å²) >= 11 is 8.01. The van der Waals surface area contributed by atoms with Crippen LogP contribution in [0.4, 0.5) is 0 Å². The van der Waals surface area contributed by atoms with E-state index in [4.69, 9.17) is 0 Å². The molecule has 0 saturated carbocycles. The first-order valence-electron chi connectivity index (χ1n) is 5.66. The topological polar surface area (TPSA) is 75.3 Å². The fraction of sp³-hybridized carbons (Fsp3) is 0.727. The molecule has 0 spiro atoms. The molecule has 2 amide bonds. The van der Waals surface area contributed by atoms with Crippen LogP contribution in [-0.4, -0.2) is 41.2 Å². The average Bonchev–Trinajstić information content (AvgIpc) is 2.31. The number of carbonyl (C=O) groups is 3. The molecule has 104 valence electrons. The Bertz CT molecular complexity index is 321. The Morgan fingerprint density at radius 3 is 1.72 bits per heavy atom. The number of hydrogen-bond donors (Lipinski definition) is 4. The zero-order valence-corrected chi connectivity index (χ0v) is 12.6. The molecule has 2 N–H and O–H groups in total. The van der Waals surface area contributed by atoms with Crippen molar-refractivity contribution in [2.24, 2.45) is 5.92 Å². The Kier molecular flexibility index (Phi) is 8.10. The molecule has 0 unspecified atom stereocenters. The van der Waals surface area contributed by atoms with Crippen LogP contribution in [-0.2, 0) is 14.4 Å². The highest BCUT2D eigenvalue weighted by Gasteiger charge is 2.24. The smallest absolute Gasteiger partial charge is 0.244 e. The minimum absolute atomic E-state index is 0.168. The number of hydrogen-bond acceptors (Lipinski definition) is 5. The van der Waals surface area contributed by atoms with E-state index in [1.807, 2.05) is 0 Å². The van der Waals surface area contributed by atoms with E-state index in [1.54, 1.807) is 13.8 Å². The van der Waals surface area contributed by atoms with Crippen molar-refractivity contribution in [2.75, 3.05) is 11.5 Å². The Morgan fingerprint density at radius 2 is 1.39 bits per heavy atom. The highest BCUT2D eigenvalue weighted by atomic mass is 32.1. The van der Waals surface area contributed by atoms with Crippen LogP contribution in [0.2, 0.25) is 0 Å². The normalized spacial score (nSPS) is 13.9. The van der Waals surface area contributed by atoms with Gasteiger partial charge in [-0.25, -0.2) is 0 Å². The Labute approximate surface area is 118 Å². The van der Waals surface area contributed by atoms with E-state index in [-0.39, 0.29) is 29.1 Å². The summed E-state index contributed by atoms with van der Waals surface area (Å²) in [5.74, 6) is -0.650. The molecule has 0 radical (unpaired) electrons. The number of rotatable bonds is 7. The minimum atomic E-state index is -0.745. The third-order valence-corrected chi connectivity index (χ3v) is 3.06. The van der Waals surface area contributed by atoms with Crippen molar-refractivity contribution >= 4 is 42.9 Å². The molecule has 0 rings (SSSR count). The van der Waals surface area contributed by atoms with Crippen molar-refractivity contribution in [1.82, 2.24) is 10.6 Å². The van der Waals surface area contributed by atoms with Crippen LogP contribution in [0.5, 0.6) is 0 Å². The lowest BCUT2D eigenvalue weighted by atomic mass is 10.1. The highest BCUT2D eigenvalue weighted by Crippen LogP contribution is 1.97. The Morgan fingerprint density at radius 1 is 0.944 bits per heavy atom. The van der Waals surface area contributed by atoms with Crippen LogP contribution < -0.4 is 10.6 Å². The van der Waals surface area contributed by atoms with Gasteiger partial charge >= 0.3 is 0 Å². The number of thiol groups is 2. The lowest BCUT2D eigenvalue weighted by Crippen LogP contribution is -2.53. The van der Waals surface area contributed by atoms with Crippen molar-refractivity contribution in [3.63, 3.8) is 0 Å². The van der Waals surface area contributed by atoms with E-state index in [0.717, 1.165) is 0 Å². The van der Waals surface area contributed by atoms with Gasteiger partial charge in [-0.15, -0.1) is 0 Å². The van der Waals surface area contributed by atoms with Gasteiger partial charge in [-0.1, -0.05) is 13.8 Å². The van der Waals surface area contributed by atoms with Crippen molar-refractivity contribution in [2.45, 2.75) is 32.9 Å². The molecule has 0 aromatic rings. The van der Waals surface area contributed by atoms with Gasteiger partial charge in [0.05, 0.1) is 6.04 Å². The number of ketones is 1. The summed E-state index contributed by atoms with van der Waals surface area (Å²) in [5, 5.41) is 5.10. The zero-order chi connectivity index (χ0) is 14.3. The van der Waals surface area contributed by atoms with Crippen molar-refractivity contribution < 1.29 is 14.4 Å². The predicted octanol–water partition coefficient (Wildman–Crippen LogP) is 0.0606. The van der Waals surface area contributed by atoms with Crippen LogP contribution in [0.3, 0.4) is 0 Å². The SMILES string of the molecule is CC(=O)[C@H](CS)NC(=O)[C@H](CS)NC(=O)C(C)C. The molecule has 7 heteroatoms. The van der Waals surface area contributed by atoms with Gasteiger partial charge in [0, 0.05) is 17.4 Å². The third-order valence-electron chi connectivity index (χ3n) is 2.33. The molecule has 0 aromatic heterocycles. The van der Waals surface area contributed by atoms with Gasteiger partial charge in [0.25, 0.3) is 0 Å². The standard InChI is InChI=1S/C11H20N2O3S2/c1-6(2)10(15)13-9(5-18)11(16)12-8(4-17)7(3)14/h6,8-9,17-18H,4-5H2,1-3H3,(H,12,16)(H,13,15)/t8-,9-/m0/s1. The third kappa shape index (κ3) is 5.77. The second-order valence-electron chi connectivity index (χ2n) is 4.25. The monoisotopic (exact) mass is 292 g/mol. The molecule has 0 aliphatic rings. The molecule has 2 atom stereocenters. The maximum absolute atomic E-state index is 11.8. The van der Waals surface area contributed by atoms with E-state index in [2.05, 4.69) is 35.9 Å². The van der Waals surface area contributed by atoms with Crippen molar-refractivity contribution in [3.8, 4) is 0 Å². The minimum Gasteiger partial charge on any atom is -0.344 e. The molecular weight excluding hydrogens is 272 g/mol. The molecule has 0 saturated heterocycles. The molecule has 0 heterocycles. The second kappa shape index (κ2) is 8.42. The first-order valence-corrected chi connectivity index (χ1v) is 6.92. The van der Waals surface area contributed by atoms with Gasteiger partial charge in [-0.05, 0) is 6.92 Å². The lowest BCUT2D eigenvalue weighted by Gasteiger charge is -2.20. The van der Waals surface area contributed by atoms with Gasteiger partial charge in [0.1, 0.15) is 6.04 Å². The van der Waals surface area contributed by atoms with E-state index in [1.165, 1.54) is 6.92 Å².